The molecule has 3 N–H and O–H groups in total. The van der Waals surface area contributed by atoms with Crippen LogP contribution in [-0.2, 0) is 4.74 Å². The zero-order valence-electron chi connectivity index (χ0n) is 11.3. The largest absolute Gasteiger partial charge is 0.491 e. The molecule has 0 amide bonds. The lowest BCUT2D eigenvalue weighted by molar-refractivity contribution is 0.145. The minimum absolute atomic E-state index is 0.253. The first-order valence-electron chi connectivity index (χ1n) is 6.29. The van der Waals surface area contributed by atoms with E-state index < -0.39 is 0 Å². The number of ether oxygens (including phenoxy) is 2. The van der Waals surface area contributed by atoms with Gasteiger partial charge in [-0.1, -0.05) is 18.2 Å². The summed E-state index contributed by atoms with van der Waals surface area (Å²) in [4.78, 5) is 8.14. The predicted molar refractivity (Wildman–Crippen MR) is 75.0 cm³/mol. The van der Waals surface area contributed by atoms with Gasteiger partial charge in [0.2, 0.25) is 0 Å². The second-order valence-corrected chi connectivity index (χ2v) is 4.11. The number of methoxy groups -OCH3 is 1. The average Bonchev–Trinajstić information content (AvgIpc) is 2.51. The Labute approximate surface area is 117 Å². The fourth-order valence-electron chi connectivity index (χ4n) is 1.89. The maximum Gasteiger partial charge on any atom is 0.124 e. The summed E-state index contributed by atoms with van der Waals surface area (Å²) in [5, 5.41) is 0. The van der Waals surface area contributed by atoms with Crippen LogP contribution in [0.3, 0.4) is 0 Å². The second kappa shape index (κ2) is 7.54. The number of para-hydroxylation sites is 1. The number of hydrogen-bond acceptors (Lipinski definition) is 6. The van der Waals surface area contributed by atoms with Crippen LogP contribution in [0.4, 0.5) is 0 Å². The van der Waals surface area contributed by atoms with Gasteiger partial charge in [0.15, 0.2) is 0 Å². The topological polar surface area (TPSA) is 82.3 Å². The summed E-state index contributed by atoms with van der Waals surface area (Å²) >= 11 is 0. The van der Waals surface area contributed by atoms with Crippen LogP contribution in [0.2, 0.25) is 0 Å². The highest BCUT2D eigenvalue weighted by atomic mass is 16.5. The third-order valence-corrected chi connectivity index (χ3v) is 2.84. The minimum atomic E-state index is -0.253. The Hall–Kier alpha value is -2.02. The van der Waals surface area contributed by atoms with Crippen molar-refractivity contribution in [3.05, 3.63) is 54.1 Å². The Balaban J connectivity index is 2.25. The SMILES string of the molecule is COCCOc1ccccc1C(NN)c1ccncn1. The molecule has 0 saturated heterocycles. The maximum absolute atomic E-state index is 5.72. The van der Waals surface area contributed by atoms with Gasteiger partial charge in [-0.2, -0.15) is 0 Å². The Morgan fingerprint density at radius 3 is 2.80 bits per heavy atom. The van der Waals surface area contributed by atoms with E-state index in [1.165, 1.54) is 6.33 Å². The molecule has 6 heteroatoms. The summed E-state index contributed by atoms with van der Waals surface area (Å²) in [5.41, 5.74) is 4.47. The Morgan fingerprint density at radius 1 is 1.25 bits per heavy atom. The fourth-order valence-corrected chi connectivity index (χ4v) is 1.89. The molecule has 106 valence electrons. The molecule has 1 aromatic carbocycles. The van der Waals surface area contributed by atoms with Crippen molar-refractivity contribution in [2.75, 3.05) is 20.3 Å². The van der Waals surface area contributed by atoms with Crippen LogP contribution in [0.5, 0.6) is 5.75 Å². The molecule has 1 atom stereocenters. The van der Waals surface area contributed by atoms with Crippen LogP contribution in [0.25, 0.3) is 0 Å². The number of nitrogens with two attached hydrogens (primary N) is 1. The summed E-state index contributed by atoms with van der Waals surface area (Å²) < 4.78 is 10.7. The summed E-state index contributed by atoms with van der Waals surface area (Å²) in [6, 6.07) is 9.27. The molecule has 1 heterocycles. The maximum atomic E-state index is 5.72. The number of rotatable bonds is 7. The molecule has 2 rings (SSSR count). The normalized spacial score (nSPS) is 12.1. The van der Waals surface area contributed by atoms with Gasteiger partial charge in [0.1, 0.15) is 18.7 Å². The highest BCUT2D eigenvalue weighted by Crippen LogP contribution is 2.28. The lowest BCUT2D eigenvalue weighted by Crippen LogP contribution is -2.30. The molecule has 2 aromatic rings. The van der Waals surface area contributed by atoms with Crippen LogP contribution < -0.4 is 16.0 Å². The van der Waals surface area contributed by atoms with Gasteiger partial charge < -0.3 is 9.47 Å². The molecule has 1 unspecified atom stereocenters. The van der Waals surface area contributed by atoms with Gasteiger partial charge in [-0.05, 0) is 12.1 Å². The van der Waals surface area contributed by atoms with Crippen molar-refractivity contribution in [2.45, 2.75) is 6.04 Å². The number of hydrogen-bond donors (Lipinski definition) is 2. The third-order valence-electron chi connectivity index (χ3n) is 2.84. The Morgan fingerprint density at radius 2 is 2.10 bits per heavy atom. The Bertz CT molecular complexity index is 522. The molecule has 0 bridgehead atoms. The van der Waals surface area contributed by atoms with E-state index >= 15 is 0 Å². The number of nitrogens with one attached hydrogen (secondary N) is 1. The Kier molecular flexibility index (Phi) is 5.43. The predicted octanol–water partition coefficient (Wildman–Crippen LogP) is 1.05. The molecule has 0 saturated carbocycles. The fraction of sp³-hybridized carbons (Fsp3) is 0.286. The molecule has 0 spiro atoms. The number of hydrazine groups is 1. The van der Waals surface area contributed by atoms with E-state index in [1.54, 1.807) is 13.3 Å². The first kappa shape index (κ1) is 14.4. The molecule has 0 aliphatic heterocycles. The quantitative estimate of drug-likeness (QED) is 0.446. The van der Waals surface area contributed by atoms with Crippen LogP contribution in [-0.4, -0.2) is 30.3 Å². The van der Waals surface area contributed by atoms with Gasteiger partial charge in [0.25, 0.3) is 0 Å². The van der Waals surface area contributed by atoms with Gasteiger partial charge >= 0.3 is 0 Å². The van der Waals surface area contributed by atoms with Crippen molar-refractivity contribution in [2.24, 2.45) is 5.84 Å². The van der Waals surface area contributed by atoms with E-state index in [0.717, 1.165) is 17.0 Å². The molecule has 0 aliphatic rings. The smallest absolute Gasteiger partial charge is 0.124 e. The third kappa shape index (κ3) is 3.51. The molecule has 0 radical (unpaired) electrons. The zero-order chi connectivity index (χ0) is 14.2. The van der Waals surface area contributed by atoms with E-state index in [-0.39, 0.29) is 6.04 Å². The number of aromatic nitrogens is 2. The summed E-state index contributed by atoms with van der Waals surface area (Å²) in [7, 11) is 1.64. The van der Waals surface area contributed by atoms with Crippen LogP contribution >= 0.6 is 0 Å². The standard InChI is InChI=1S/C14H18N4O2/c1-19-8-9-20-13-5-3-2-4-11(13)14(18-15)12-6-7-16-10-17-12/h2-7,10,14,18H,8-9,15H2,1H3. The first-order chi connectivity index (χ1) is 9.86. The zero-order valence-corrected chi connectivity index (χ0v) is 11.3. The van der Waals surface area contributed by atoms with Crippen molar-refractivity contribution < 1.29 is 9.47 Å². The van der Waals surface area contributed by atoms with E-state index in [1.807, 2.05) is 30.3 Å². The highest BCUT2D eigenvalue weighted by molar-refractivity contribution is 5.39. The summed E-state index contributed by atoms with van der Waals surface area (Å²) in [5.74, 6) is 6.43. The molecular weight excluding hydrogens is 256 g/mol. The average molecular weight is 274 g/mol. The number of benzene rings is 1. The lowest BCUT2D eigenvalue weighted by atomic mass is 10.0. The van der Waals surface area contributed by atoms with Crippen molar-refractivity contribution in [3.63, 3.8) is 0 Å². The molecule has 1 aromatic heterocycles. The number of nitrogens with zero attached hydrogens (tertiary/aromatic N) is 2. The second-order valence-electron chi connectivity index (χ2n) is 4.11. The van der Waals surface area contributed by atoms with Crippen LogP contribution in [0.1, 0.15) is 17.3 Å². The molecule has 6 nitrogen and oxygen atoms in total. The summed E-state index contributed by atoms with van der Waals surface area (Å²) in [6.07, 6.45) is 3.18. The van der Waals surface area contributed by atoms with Crippen LogP contribution in [0.15, 0.2) is 42.9 Å². The monoisotopic (exact) mass is 274 g/mol. The molecule has 0 aliphatic carbocycles. The first-order valence-corrected chi connectivity index (χ1v) is 6.29. The van der Waals surface area contributed by atoms with Gasteiger partial charge in [-0.3, -0.25) is 5.84 Å². The van der Waals surface area contributed by atoms with Gasteiger partial charge in [0.05, 0.1) is 18.3 Å². The summed E-state index contributed by atoms with van der Waals surface area (Å²) in [6.45, 7) is 1.01. The van der Waals surface area contributed by atoms with Gasteiger partial charge in [-0.25, -0.2) is 15.4 Å². The highest BCUT2D eigenvalue weighted by Gasteiger charge is 2.17. The van der Waals surface area contributed by atoms with Crippen molar-refractivity contribution >= 4 is 0 Å². The van der Waals surface area contributed by atoms with Gasteiger partial charge in [0, 0.05) is 18.9 Å². The molecule has 20 heavy (non-hydrogen) atoms. The van der Waals surface area contributed by atoms with E-state index in [4.69, 9.17) is 15.3 Å². The van der Waals surface area contributed by atoms with E-state index in [0.29, 0.717) is 13.2 Å². The van der Waals surface area contributed by atoms with Crippen molar-refractivity contribution in [1.29, 1.82) is 0 Å². The van der Waals surface area contributed by atoms with E-state index in [9.17, 15) is 0 Å². The van der Waals surface area contributed by atoms with Crippen molar-refractivity contribution in [1.82, 2.24) is 15.4 Å². The minimum Gasteiger partial charge on any atom is -0.491 e. The lowest BCUT2D eigenvalue weighted by Gasteiger charge is -2.19. The van der Waals surface area contributed by atoms with Crippen molar-refractivity contribution in [3.8, 4) is 5.75 Å². The van der Waals surface area contributed by atoms with Gasteiger partial charge in [-0.15, -0.1) is 0 Å². The van der Waals surface area contributed by atoms with Crippen LogP contribution in [0, 0.1) is 0 Å². The molecule has 0 fully saturated rings. The molecular formula is C14H18N4O2. The van der Waals surface area contributed by atoms with E-state index in [2.05, 4.69) is 15.4 Å².